The van der Waals surface area contributed by atoms with Crippen LogP contribution in [-0.4, -0.2) is 43.1 Å². The highest BCUT2D eigenvalue weighted by molar-refractivity contribution is 14.1. The zero-order valence-electron chi connectivity index (χ0n) is 21.7. The molecule has 4 aliphatic rings. The molecule has 224 valence electrons. The van der Waals surface area contributed by atoms with Crippen LogP contribution < -0.4 is 4.74 Å². The van der Waals surface area contributed by atoms with Crippen LogP contribution in [0.3, 0.4) is 0 Å². The lowest BCUT2D eigenvalue weighted by Crippen LogP contribution is -2.44. The van der Waals surface area contributed by atoms with Crippen LogP contribution in [0, 0.1) is 38.0 Å². The molecular weight excluding hydrogens is 1020 g/mol. The summed E-state index contributed by atoms with van der Waals surface area (Å²) in [4.78, 5) is 39.7. The lowest BCUT2D eigenvalue weighted by Gasteiger charge is -2.30. The van der Waals surface area contributed by atoms with Crippen molar-refractivity contribution < 1.29 is 41.6 Å². The number of carbonyl (C=O) groups excluding carboxylic acids is 3. The van der Waals surface area contributed by atoms with E-state index in [0.717, 1.165) is 46.4 Å². The minimum atomic E-state index is -4.72. The van der Waals surface area contributed by atoms with E-state index in [4.69, 9.17) is 14.2 Å². The first-order valence-electron chi connectivity index (χ1n) is 13.4. The number of esters is 3. The van der Waals surface area contributed by atoms with Gasteiger partial charge in [-0.3, -0.25) is 9.59 Å². The molecule has 3 aliphatic carbocycles. The summed E-state index contributed by atoms with van der Waals surface area (Å²) >= 11 is 8.58. The molecule has 0 aromatic heterocycles. The highest BCUT2D eigenvalue weighted by Crippen LogP contribution is 2.59. The number of fused-ring (bicyclic) bond motifs is 1. The molecular formula is C28H23I4O9S-. The molecule has 0 spiro atoms. The van der Waals surface area contributed by atoms with Crippen molar-refractivity contribution in [2.24, 2.45) is 23.7 Å². The van der Waals surface area contributed by atoms with Crippen molar-refractivity contribution in [3.05, 3.63) is 49.7 Å². The molecule has 6 unspecified atom stereocenters. The van der Waals surface area contributed by atoms with Crippen LogP contribution in [0.5, 0.6) is 5.75 Å². The second kappa shape index (κ2) is 12.1. The predicted octanol–water partition coefficient (Wildman–Crippen LogP) is 6.00. The summed E-state index contributed by atoms with van der Waals surface area (Å²) in [5.74, 6) is -4.01. The van der Waals surface area contributed by atoms with Crippen molar-refractivity contribution in [2.75, 3.05) is 0 Å². The first-order chi connectivity index (χ1) is 19.9. The molecule has 6 atom stereocenters. The van der Waals surface area contributed by atoms with E-state index in [0.29, 0.717) is 17.5 Å². The first kappa shape index (κ1) is 31.7. The Labute approximate surface area is 297 Å². The second-order valence-electron chi connectivity index (χ2n) is 11.1. The van der Waals surface area contributed by atoms with Crippen molar-refractivity contribution in [1.29, 1.82) is 0 Å². The number of carbonyl (C=O) groups is 3. The van der Waals surface area contributed by atoms with Crippen molar-refractivity contribution in [3.8, 4) is 5.75 Å². The molecule has 3 saturated carbocycles. The van der Waals surface area contributed by atoms with E-state index >= 15 is 0 Å². The van der Waals surface area contributed by atoms with Crippen LogP contribution in [0.4, 0.5) is 0 Å². The summed E-state index contributed by atoms with van der Waals surface area (Å²) in [6.07, 6.45) is 3.44. The number of hydrogen-bond donors (Lipinski definition) is 0. The standard InChI is InChI=1S/C28H24I4O9S/c29-16-10-17(30)23(32)21(22(16)31)28(35)41-25-14-9-15-20(27(34)40-24(15)25)19(14)26(33)39-12-6-7-18(42(36,37)38)13(8-12)11-4-2-1-3-5-11/h6-8,10-11,14-15,19-20,24-25H,1-5,9H2,(H,36,37,38)/p-1. The van der Waals surface area contributed by atoms with Gasteiger partial charge in [-0.05, 0) is 145 Å². The largest absolute Gasteiger partial charge is 0.744 e. The number of benzene rings is 2. The van der Waals surface area contributed by atoms with Gasteiger partial charge in [0.25, 0.3) is 0 Å². The molecule has 4 fully saturated rings. The van der Waals surface area contributed by atoms with Crippen LogP contribution in [0.15, 0.2) is 29.2 Å². The van der Waals surface area contributed by atoms with Crippen LogP contribution in [0.1, 0.15) is 60.4 Å². The lowest BCUT2D eigenvalue weighted by molar-refractivity contribution is -0.149. The quantitative estimate of drug-likeness (QED) is 0.112. The Balaban J connectivity index is 1.27. The number of ether oxygens (including phenoxy) is 3. The average Bonchev–Trinajstić information content (AvgIpc) is 3.56. The smallest absolute Gasteiger partial charge is 0.340 e. The third-order valence-corrected chi connectivity index (χ3v) is 15.8. The number of hydrogen-bond acceptors (Lipinski definition) is 9. The molecule has 9 nitrogen and oxygen atoms in total. The molecule has 2 aromatic rings. The first-order valence-corrected chi connectivity index (χ1v) is 19.1. The summed E-state index contributed by atoms with van der Waals surface area (Å²) < 4.78 is 56.8. The maximum atomic E-state index is 13.7. The lowest BCUT2D eigenvalue weighted by atomic mass is 9.78. The molecule has 0 amide bonds. The minimum Gasteiger partial charge on any atom is -0.744 e. The van der Waals surface area contributed by atoms with Gasteiger partial charge in [-0.25, -0.2) is 13.2 Å². The topological polar surface area (TPSA) is 136 Å². The molecule has 0 radical (unpaired) electrons. The van der Waals surface area contributed by atoms with Gasteiger partial charge in [0, 0.05) is 26.1 Å². The van der Waals surface area contributed by atoms with E-state index < -0.39 is 58.0 Å². The van der Waals surface area contributed by atoms with Gasteiger partial charge in [-0.2, -0.15) is 0 Å². The Hall–Kier alpha value is -0.320. The Bertz CT molecular complexity index is 1580. The minimum absolute atomic E-state index is 0.116. The zero-order valence-corrected chi connectivity index (χ0v) is 31.1. The molecule has 1 heterocycles. The summed E-state index contributed by atoms with van der Waals surface area (Å²) in [6, 6.07) is 5.96. The van der Waals surface area contributed by atoms with Crippen LogP contribution in [-0.2, 0) is 29.2 Å². The average molecular weight is 1040 g/mol. The molecule has 42 heavy (non-hydrogen) atoms. The second-order valence-corrected chi connectivity index (χ2v) is 17.0. The van der Waals surface area contributed by atoms with Gasteiger partial charge in [0.2, 0.25) is 0 Å². The summed E-state index contributed by atoms with van der Waals surface area (Å²) in [6.45, 7) is 0. The molecule has 6 rings (SSSR count). The van der Waals surface area contributed by atoms with E-state index in [-0.39, 0.29) is 22.5 Å². The van der Waals surface area contributed by atoms with Crippen LogP contribution in [0.25, 0.3) is 0 Å². The van der Waals surface area contributed by atoms with Gasteiger partial charge in [-0.15, -0.1) is 0 Å². The fourth-order valence-corrected chi connectivity index (χ4v) is 11.5. The third-order valence-electron chi connectivity index (χ3n) is 8.89. The highest BCUT2D eigenvalue weighted by Gasteiger charge is 2.70. The van der Waals surface area contributed by atoms with Crippen molar-refractivity contribution in [3.63, 3.8) is 0 Å². The fraction of sp³-hybridized carbons (Fsp3) is 0.464. The van der Waals surface area contributed by atoms with Gasteiger partial charge >= 0.3 is 17.9 Å². The van der Waals surface area contributed by atoms with E-state index in [1.54, 1.807) is 0 Å². The van der Waals surface area contributed by atoms with Crippen LogP contribution >= 0.6 is 90.4 Å². The van der Waals surface area contributed by atoms with Crippen LogP contribution in [0.2, 0.25) is 0 Å². The zero-order chi connectivity index (χ0) is 30.1. The SMILES string of the molecule is O=C(OC1C2CC3C1OC(=O)C3C2C(=O)Oc1ccc(S(=O)(=O)[O-])c(C2CCCCC2)c1)c1c(I)c(I)cc(I)c1I. The number of rotatable bonds is 6. The maximum absolute atomic E-state index is 13.7. The van der Waals surface area contributed by atoms with Gasteiger partial charge in [-0.1, -0.05) is 19.3 Å². The van der Waals surface area contributed by atoms with Gasteiger partial charge < -0.3 is 18.8 Å². The van der Waals surface area contributed by atoms with Gasteiger partial charge in [0.1, 0.15) is 28.1 Å². The fourth-order valence-electron chi connectivity index (χ4n) is 7.14. The molecule has 1 aliphatic heterocycles. The predicted molar refractivity (Wildman–Crippen MR) is 181 cm³/mol. The molecule has 2 bridgehead atoms. The summed E-state index contributed by atoms with van der Waals surface area (Å²) in [7, 11) is -4.72. The van der Waals surface area contributed by atoms with E-state index in [2.05, 4.69) is 90.4 Å². The highest BCUT2D eigenvalue weighted by atomic mass is 127. The molecule has 14 heteroatoms. The normalized spacial score (nSPS) is 28.5. The molecule has 1 saturated heterocycles. The number of halogens is 4. The Morgan fingerprint density at radius 2 is 1.62 bits per heavy atom. The van der Waals surface area contributed by atoms with E-state index in [9.17, 15) is 27.4 Å². The Morgan fingerprint density at radius 3 is 2.26 bits per heavy atom. The maximum Gasteiger partial charge on any atom is 0.340 e. The Kier molecular flexibility index (Phi) is 9.14. The van der Waals surface area contributed by atoms with Crippen molar-refractivity contribution in [1.82, 2.24) is 0 Å². The summed E-state index contributed by atoms with van der Waals surface area (Å²) in [5, 5.41) is 0. The Morgan fingerprint density at radius 1 is 0.952 bits per heavy atom. The van der Waals surface area contributed by atoms with Gasteiger partial charge in [0.05, 0.1) is 22.3 Å². The van der Waals surface area contributed by atoms with E-state index in [1.807, 2.05) is 6.07 Å². The monoisotopic (exact) mass is 1040 g/mol. The van der Waals surface area contributed by atoms with E-state index in [1.165, 1.54) is 18.2 Å². The summed E-state index contributed by atoms with van der Waals surface area (Å²) in [5.41, 5.74) is 0.811. The van der Waals surface area contributed by atoms with Crippen molar-refractivity contribution in [2.45, 2.75) is 61.5 Å². The van der Waals surface area contributed by atoms with Gasteiger partial charge in [0.15, 0.2) is 0 Å². The van der Waals surface area contributed by atoms with Crippen molar-refractivity contribution >= 4 is 118 Å². The molecule has 0 N–H and O–H groups in total. The third kappa shape index (κ3) is 5.63. The molecule has 2 aromatic carbocycles.